The third-order valence-corrected chi connectivity index (χ3v) is 4.63. The maximum atomic E-state index is 12.3. The molecule has 1 aliphatic rings. The van der Waals surface area contributed by atoms with Crippen LogP contribution in [0.15, 0.2) is 35.7 Å². The first-order valence-electron chi connectivity index (χ1n) is 7.26. The van der Waals surface area contributed by atoms with E-state index in [9.17, 15) is 4.79 Å². The lowest BCUT2D eigenvalue weighted by molar-refractivity contribution is -0.126. The highest BCUT2D eigenvalue weighted by molar-refractivity contribution is 7.09. The van der Waals surface area contributed by atoms with Gasteiger partial charge in [-0.05, 0) is 42.1 Å². The Balaban J connectivity index is 1.71. The summed E-state index contributed by atoms with van der Waals surface area (Å²) in [6.45, 7) is 3.42. The van der Waals surface area contributed by atoms with Gasteiger partial charge in [-0.2, -0.15) is 0 Å². The van der Waals surface area contributed by atoms with E-state index in [1.165, 1.54) is 4.88 Å². The van der Waals surface area contributed by atoms with E-state index in [-0.39, 0.29) is 12.7 Å². The minimum Gasteiger partial charge on any atom is -0.454 e. The molecule has 1 amide bonds. The van der Waals surface area contributed by atoms with Crippen LogP contribution in [0.2, 0.25) is 5.02 Å². The fourth-order valence-corrected chi connectivity index (χ4v) is 3.29. The molecular weight excluding hydrogens is 334 g/mol. The molecule has 0 unspecified atom stereocenters. The van der Waals surface area contributed by atoms with Crippen molar-refractivity contribution in [2.75, 3.05) is 13.3 Å². The van der Waals surface area contributed by atoms with Gasteiger partial charge in [-0.1, -0.05) is 17.7 Å². The highest BCUT2D eigenvalue weighted by atomic mass is 35.5. The molecular formula is C17H16ClNO3S. The average molecular weight is 350 g/mol. The molecule has 4 nitrogen and oxygen atoms in total. The minimum absolute atomic E-state index is 0.0327. The first-order valence-corrected chi connectivity index (χ1v) is 8.51. The van der Waals surface area contributed by atoms with Crippen molar-refractivity contribution in [2.24, 2.45) is 0 Å². The van der Waals surface area contributed by atoms with Crippen LogP contribution in [0.5, 0.6) is 11.5 Å². The summed E-state index contributed by atoms with van der Waals surface area (Å²) in [5.74, 6) is 1.13. The average Bonchev–Trinajstić information content (AvgIpc) is 3.21. The normalized spacial score (nSPS) is 12.8. The van der Waals surface area contributed by atoms with Gasteiger partial charge in [-0.3, -0.25) is 4.79 Å². The van der Waals surface area contributed by atoms with Crippen molar-refractivity contribution in [3.05, 3.63) is 51.2 Å². The summed E-state index contributed by atoms with van der Waals surface area (Å²) in [5.41, 5.74) is 0.805. The van der Waals surface area contributed by atoms with E-state index in [2.05, 4.69) is 0 Å². The number of likely N-dealkylation sites (N-methyl/N-ethyl adjacent to an activating group) is 1. The first-order chi connectivity index (χ1) is 11.2. The SMILES string of the molecule is CCN(Cc1cccs1)C(=O)/C=C/c1cc(Cl)c2c(c1)OCO2. The molecule has 0 fully saturated rings. The number of carbonyl (C=O) groups excluding carboxylic acids is 1. The van der Waals surface area contributed by atoms with Gasteiger partial charge in [-0.15, -0.1) is 11.3 Å². The van der Waals surface area contributed by atoms with Gasteiger partial charge in [0.05, 0.1) is 11.6 Å². The number of hydrogen-bond donors (Lipinski definition) is 0. The van der Waals surface area contributed by atoms with Crippen LogP contribution in [0.25, 0.3) is 6.08 Å². The van der Waals surface area contributed by atoms with Crippen LogP contribution in [0.3, 0.4) is 0 Å². The Kier molecular flexibility index (Phi) is 4.88. The summed E-state index contributed by atoms with van der Waals surface area (Å²) in [6.07, 6.45) is 3.30. The summed E-state index contributed by atoms with van der Waals surface area (Å²) in [5, 5.41) is 2.50. The molecule has 1 aliphatic heterocycles. The van der Waals surface area contributed by atoms with Crippen LogP contribution in [0.1, 0.15) is 17.4 Å². The molecule has 3 rings (SSSR count). The summed E-state index contributed by atoms with van der Waals surface area (Å²) in [6, 6.07) is 7.59. The molecule has 23 heavy (non-hydrogen) atoms. The Morgan fingerprint density at radius 3 is 3.04 bits per heavy atom. The predicted molar refractivity (Wildman–Crippen MR) is 92.0 cm³/mol. The number of fused-ring (bicyclic) bond motifs is 1. The number of carbonyl (C=O) groups is 1. The van der Waals surface area contributed by atoms with E-state index >= 15 is 0 Å². The Hall–Kier alpha value is -1.98. The largest absolute Gasteiger partial charge is 0.454 e. The number of amides is 1. The third-order valence-electron chi connectivity index (χ3n) is 3.49. The van der Waals surface area contributed by atoms with Crippen molar-refractivity contribution in [3.8, 4) is 11.5 Å². The van der Waals surface area contributed by atoms with Crippen molar-refractivity contribution in [3.63, 3.8) is 0 Å². The molecule has 0 radical (unpaired) electrons. The molecule has 0 atom stereocenters. The fraction of sp³-hybridized carbons (Fsp3) is 0.235. The number of hydrogen-bond acceptors (Lipinski definition) is 4. The van der Waals surface area contributed by atoms with E-state index in [0.29, 0.717) is 29.6 Å². The minimum atomic E-state index is -0.0327. The van der Waals surface area contributed by atoms with Crippen LogP contribution >= 0.6 is 22.9 Å². The Morgan fingerprint density at radius 2 is 2.30 bits per heavy atom. The predicted octanol–water partition coefficient (Wildman–Crippen LogP) is 4.19. The second-order valence-electron chi connectivity index (χ2n) is 5.00. The fourth-order valence-electron chi connectivity index (χ4n) is 2.29. The van der Waals surface area contributed by atoms with Crippen molar-refractivity contribution in [2.45, 2.75) is 13.5 Å². The van der Waals surface area contributed by atoms with Gasteiger partial charge in [0.25, 0.3) is 0 Å². The van der Waals surface area contributed by atoms with E-state index in [1.807, 2.05) is 30.5 Å². The van der Waals surface area contributed by atoms with E-state index in [0.717, 1.165) is 5.56 Å². The van der Waals surface area contributed by atoms with Crippen molar-refractivity contribution >= 4 is 34.9 Å². The van der Waals surface area contributed by atoms with Gasteiger partial charge in [0.15, 0.2) is 11.5 Å². The topological polar surface area (TPSA) is 38.8 Å². The molecule has 0 saturated carbocycles. The second kappa shape index (κ2) is 7.06. The summed E-state index contributed by atoms with van der Waals surface area (Å²) < 4.78 is 10.6. The number of halogens is 1. The molecule has 0 N–H and O–H groups in total. The van der Waals surface area contributed by atoms with Crippen molar-refractivity contribution in [1.82, 2.24) is 4.90 Å². The van der Waals surface area contributed by atoms with Gasteiger partial charge < -0.3 is 14.4 Å². The Bertz CT molecular complexity index is 728. The highest BCUT2D eigenvalue weighted by Crippen LogP contribution is 2.40. The van der Waals surface area contributed by atoms with E-state index in [4.69, 9.17) is 21.1 Å². The van der Waals surface area contributed by atoms with Gasteiger partial charge in [-0.25, -0.2) is 0 Å². The Labute approximate surface area is 143 Å². The van der Waals surface area contributed by atoms with Gasteiger partial charge in [0.2, 0.25) is 12.7 Å². The van der Waals surface area contributed by atoms with Crippen LogP contribution in [-0.2, 0) is 11.3 Å². The molecule has 0 aliphatic carbocycles. The Morgan fingerprint density at radius 1 is 1.43 bits per heavy atom. The third kappa shape index (κ3) is 3.68. The zero-order chi connectivity index (χ0) is 16.2. The summed E-state index contributed by atoms with van der Waals surface area (Å²) in [4.78, 5) is 15.3. The van der Waals surface area contributed by atoms with Crippen molar-refractivity contribution in [1.29, 1.82) is 0 Å². The summed E-state index contributed by atoms with van der Waals surface area (Å²) >= 11 is 7.79. The lowest BCUT2D eigenvalue weighted by Crippen LogP contribution is -2.28. The highest BCUT2D eigenvalue weighted by Gasteiger charge is 2.17. The van der Waals surface area contributed by atoms with Crippen LogP contribution in [0, 0.1) is 0 Å². The van der Waals surface area contributed by atoms with Crippen molar-refractivity contribution < 1.29 is 14.3 Å². The molecule has 0 spiro atoms. The molecule has 1 aromatic carbocycles. The van der Waals surface area contributed by atoms with E-state index < -0.39 is 0 Å². The van der Waals surface area contributed by atoms with Crippen LogP contribution in [-0.4, -0.2) is 24.1 Å². The molecule has 2 aromatic rings. The van der Waals surface area contributed by atoms with Crippen LogP contribution in [0.4, 0.5) is 0 Å². The number of nitrogens with zero attached hydrogens (tertiary/aromatic N) is 1. The molecule has 1 aromatic heterocycles. The lowest BCUT2D eigenvalue weighted by atomic mass is 10.2. The van der Waals surface area contributed by atoms with Gasteiger partial charge in [0.1, 0.15) is 0 Å². The number of benzene rings is 1. The molecule has 0 saturated heterocycles. The monoisotopic (exact) mass is 349 g/mol. The second-order valence-corrected chi connectivity index (χ2v) is 6.44. The number of ether oxygens (including phenoxy) is 2. The lowest BCUT2D eigenvalue weighted by Gasteiger charge is -2.18. The van der Waals surface area contributed by atoms with Gasteiger partial charge >= 0.3 is 0 Å². The maximum absolute atomic E-state index is 12.3. The molecule has 2 heterocycles. The smallest absolute Gasteiger partial charge is 0.246 e. The zero-order valence-corrected chi connectivity index (χ0v) is 14.2. The standard InChI is InChI=1S/C17H16ClNO3S/c1-2-19(10-13-4-3-7-23-13)16(20)6-5-12-8-14(18)17-15(9-12)21-11-22-17/h3-9H,2,10-11H2,1H3/b6-5+. The van der Waals surface area contributed by atoms with Gasteiger partial charge in [0, 0.05) is 17.5 Å². The van der Waals surface area contributed by atoms with Crippen LogP contribution < -0.4 is 9.47 Å². The molecule has 6 heteroatoms. The quantitative estimate of drug-likeness (QED) is 0.760. The number of thiophene rings is 1. The summed E-state index contributed by atoms with van der Waals surface area (Å²) in [7, 11) is 0. The first kappa shape index (κ1) is 15.9. The zero-order valence-electron chi connectivity index (χ0n) is 12.6. The molecule has 0 bridgehead atoms. The number of rotatable bonds is 5. The maximum Gasteiger partial charge on any atom is 0.246 e. The van der Waals surface area contributed by atoms with E-state index in [1.54, 1.807) is 34.5 Å². The molecule has 120 valence electrons.